The fourth-order valence-electron chi connectivity index (χ4n) is 1.74. The quantitative estimate of drug-likeness (QED) is 0.634. The second-order valence-electron chi connectivity index (χ2n) is 3.70. The van der Waals surface area contributed by atoms with E-state index in [1.54, 1.807) is 0 Å². The third-order valence-electron chi connectivity index (χ3n) is 2.47. The first kappa shape index (κ1) is 15.3. The predicted octanol–water partition coefficient (Wildman–Crippen LogP) is -0.0775. The summed E-state index contributed by atoms with van der Waals surface area (Å²) in [4.78, 5) is -0.0651. The molecular weight excluding hydrogens is 268 g/mol. The number of hydrogen-bond donors (Lipinski definition) is 3. The Labute approximate surface area is 112 Å². The summed E-state index contributed by atoms with van der Waals surface area (Å²) in [5, 5.41) is 17.1. The molecule has 0 aliphatic heterocycles. The standard InChI is InChI=1S/C12H16N2O4S/c1-3-7-14-10-4-5-11(19(13,16)17)9(6-8-15)12(10)18-2/h1,4-5,14-15H,6-8H2,2H3,(H2,13,16,17). The average Bonchev–Trinajstić information content (AvgIpc) is 2.35. The van der Waals surface area contributed by atoms with Crippen molar-refractivity contribution in [2.24, 2.45) is 5.14 Å². The van der Waals surface area contributed by atoms with E-state index in [0.29, 0.717) is 17.0 Å². The maximum absolute atomic E-state index is 11.5. The summed E-state index contributed by atoms with van der Waals surface area (Å²) in [6.45, 7) is 0.0428. The van der Waals surface area contributed by atoms with Crippen molar-refractivity contribution >= 4 is 15.7 Å². The van der Waals surface area contributed by atoms with Gasteiger partial charge in [0, 0.05) is 18.6 Å². The Morgan fingerprint density at radius 1 is 1.53 bits per heavy atom. The van der Waals surface area contributed by atoms with Gasteiger partial charge in [-0.1, -0.05) is 5.92 Å². The molecule has 0 heterocycles. The van der Waals surface area contributed by atoms with Crippen molar-refractivity contribution < 1.29 is 18.3 Å². The Morgan fingerprint density at radius 3 is 2.68 bits per heavy atom. The van der Waals surface area contributed by atoms with Crippen LogP contribution in [0.4, 0.5) is 5.69 Å². The lowest BCUT2D eigenvalue weighted by Crippen LogP contribution is -2.16. The minimum Gasteiger partial charge on any atom is -0.494 e. The van der Waals surface area contributed by atoms with Gasteiger partial charge < -0.3 is 15.2 Å². The average molecular weight is 284 g/mol. The Bertz CT molecular complexity index is 590. The number of sulfonamides is 1. The number of primary sulfonamides is 1. The highest BCUT2D eigenvalue weighted by Gasteiger charge is 2.20. The summed E-state index contributed by atoms with van der Waals surface area (Å²) >= 11 is 0. The van der Waals surface area contributed by atoms with Crippen LogP contribution in [0.15, 0.2) is 17.0 Å². The van der Waals surface area contributed by atoms with Crippen molar-refractivity contribution in [3.63, 3.8) is 0 Å². The number of aliphatic hydroxyl groups excluding tert-OH is 1. The minimum atomic E-state index is -3.88. The molecule has 0 saturated carbocycles. The van der Waals surface area contributed by atoms with Gasteiger partial charge in [0.05, 0.1) is 24.2 Å². The van der Waals surface area contributed by atoms with E-state index in [4.69, 9.17) is 21.4 Å². The fraction of sp³-hybridized carbons (Fsp3) is 0.333. The topological polar surface area (TPSA) is 102 Å². The molecule has 0 spiro atoms. The summed E-state index contributed by atoms with van der Waals surface area (Å²) in [5.41, 5.74) is 0.880. The van der Waals surface area contributed by atoms with Crippen molar-refractivity contribution in [3.8, 4) is 18.1 Å². The molecule has 1 aromatic rings. The predicted molar refractivity (Wildman–Crippen MR) is 72.5 cm³/mol. The lowest BCUT2D eigenvalue weighted by molar-refractivity contribution is 0.295. The monoisotopic (exact) mass is 284 g/mol. The maximum Gasteiger partial charge on any atom is 0.238 e. The van der Waals surface area contributed by atoms with Gasteiger partial charge in [-0.25, -0.2) is 13.6 Å². The molecule has 0 aliphatic carbocycles. The van der Waals surface area contributed by atoms with Crippen LogP contribution in [0.1, 0.15) is 5.56 Å². The second-order valence-corrected chi connectivity index (χ2v) is 5.23. The van der Waals surface area contributed by atoms with Crippen molar-refractivity contribution in [2.75, 3.05) is 25.6 Å². The van der Waals surface area contributed by atoms with Crippen molar-refractivity contribution in [3.05, 3.63) is 17.7 Å². The summed E-state index contributed by atoms with van der Waals surface area (Å²) in [7, 11) is -2.48. The van der Waals surface area contributed by atoms with Crippen LogP contribution in [0.3, 0.4) is 0 Å². The summed E-state index contributed by atoms with van der Waals surface area (Å²) in [6.07, 6.45) is 5.27. The van der Waals surface area contributed by atoms with Crippen LogP contribution in [0.5, 0.6) is 5.75 Å². The lowest BCUT2D eigenvalue weighted by atomic mass is 10.1. The molecule has 0 saturated heterocycles. The molecule has 6 nitrogen and oxygen atoms in total. The number of ether oxygens (including phenoxy) is 1. The van der Waals surface area contributed by atoms with Crippen molar-refractivity contribution in [1.29, 1.82) is 0 Å². The zero-order valence-electron chi connectivity index (χ0n) is 10.5. The Kier molecular flexibility index (Phi) is 5.18. The molecule has 19 heavy (non-hydrogen) atoms. The van der Waals surface area contributed by atoms with Gasteiger partial charge in [-0.2, -0.15) is 0 Å². The highest BCUT2D eigenvalue weighted by molar-refractivity contribution is 7.89. The molecule has 0 radical (unpaired) electrons. The van der Waals surface area contributed by atoms with E-state index in [0.717, 1.165) is 0 Å². The van der Waals surface area contributed by atoms with Gasteiger partial charge in [0.1, 0.15) is 5.75 Å². The van der Waals surface area contributed by atoms with Crippen LogP contribution in [-0.4, -0.2) is 33.8 Å². The first-order valence-corrected chi connectivity index (χ1v) is 7.01. The first-order valence-electron chi connectivity index (χ1n) is 5.46. The molecule has 0 fully saturated rings. The van der Waals surface area contributed by atoms with Gasteiger partial charge in [0.2, 0.25) is 10.0 Å². The number of benzene rings is 1. The van der Waals surface area contributed by atoms with Crippen molar-refractivity contribution in [1.82, 2.24) is 0 Å². The first-order chi connectivity index (χ1) is 8.95. The largest absolute Gasteiger partial charge is 0.494 e. The number of terminal acetylenes is 1. The van der Waals surface area contributed by atoms with E-state index in [1.807, 2.05) is 0 Å². The smallest absolute Gasteiger partial charge is 0.238 e. The third kappa shape index (κ3) is 3.61. The Balaban J connectivity index is 3.43. The lowest BCUT2D eigenvalue weighted by Gasteiger charge is -2.16. The number of nitrogens with one attached hydrogen (secondary N) is 1. The van der Waals surface area contributed by atoms with Gasteiger partial charge in [-0.05, 0) is 12.1 Å². The molecule has 0 bridgehead atoms. The molecular formula is C12H16N2O4S. The number of methoxy groups -OCH3 is 1. The molecule has 0 aliphatic rings. The van der Waals surface area contributed by atoms with Crippen molar-refractivity contribution in [2.45, 2.75) is 11.3 Å². The van der Waals surface area contributed by atoms with Gasteiger partial charge >= 0.3 is 0 Å². The zero-order valence-corrected chi connectivity index (χ0v) is 11.3. The second kappa shape index (κ2) is 6.43. The molecule has 1 rings (SSSR count). The van der Waals surface area contributed by atoms with Crippen LogP contribution >= 0.6 is 0 Å². The maximum atomic E-state index is 11.5. The number of nitrogens with two attached hydrogens (primary N) is 1. The normalized spacial score (nSPS) is 10.8. The van der Waals surface area contributed by atoms with E-state index in [-0.39, 0.29) is 24.5 Å². The summed E-state index contributed by atoms with van der Waals surface area (Å²) in [6, 6.07) is 2.89. The molecule has 0 unspecified atom stereocenters. The molecule has 104 valence electrons. The molecule has 0 atom stereocenters. The minimum absolute atomic E-state index is 0.0651. The molecule has 1 aromatic carbocycles. The number of anilines is 1. The SMILES string of the molecule is C#CCNc1ccc(S(N)(=O)=O)c(CCO)c1OC. The molecule has 0 amide bonds. The van der Waals surface area contributed by atoms with E-state index in [9.17, 15) is 8.42 Å². The van der Waals surface area contributed by atoms with Gasteiger partial charge in [0.15, 0.2) is 0 Å². The molecule has 0 aromatic heterocycles. The Hall–Kier alpha value is -1.75. The van der Waals surface area contributed by atoms with Gasteiger partial charge in [-0.3, -0.25) is 0 Å². The summed E-state index contributed by atoms with van der Waals surface area (Å²) in [5.74, 6) is 2.72. The summed E-state index contributed by atoms with van der Waals surface area (Å²) < 4.78 is 28.2. The third-order valence-corrected chi connectivity index (χ3v) is 3.47. The fourth-order valence-corrected chi connectivity index (χ4v) is 2.54. The van der Waals surface area contributed by atoms with Crippen LogP contribution in [-0.2, 0) is 16.4 Å². The highest BCUT2D eigenvalue weighted by atomic mass is 32.2. The molecule has 4 N–H and O–H groups in total. The number of rotatable bonds is 6. The number of aliphatic hydroxyl groups is 1. The van der Waals surface area contributed by atoms with Gasteiger partial charge in [0.25, 0.3) is 0 Å². The van der Waals surface area contributed by atoms with Gasteiger partial charge in [-0.15, -0.1) is 6.42 Å². The van der Waals surface area contributed by atoms with Crippen LogP contribution < -0.4 is 15.2 Å². The van der Waals surface area contributed by atoms with E-state index < -0.39 is 10.0 Å². The highest BCUT2D eigenvalue weighted by Crippen LogP contribution is 2.33. The molecule has 7 heteroatoms. The zero-order chi connectivity index (χ0) is 14.5. The van der Waals surface area contributed by atoms with E-state index in [1.165, 1.54) is 19.2 Å². The number of hydrogen-bond acceptors (Lipinski definition) is 5. The van der Waals surface area contributed by atoms with E-state index in [2.05, 4.69) is 11.2 Å². The van der Waals surface area contributed by atoms with E-state index >= 15 is 0 Å². The van der Waals surface area contributed by atoms with Crippen LogP contribution in [0.25, 0.3) is 0 Å². The van der Waals surface area contributed by atoms with Crippen LogP contribution in [0.2, 0.25) is 0 Å². The van der Waals surface area contributed by atoms with Crippen LogP contribution in [0, 0.1) is 12.3 Å². The Morgan fingerprint density at radius 2 is 2.21 bits per heavy atom.